The van der Waals surface area contributed by atoms with E-state index in [2.05, 4.69) is 58.6 Å². The molecule has 5 nitrogen and oxygen atoms in total. The van der Waals surface area contributed by atoms with Crippen molar-refractivity contribution < 1.29 is 4.79 Å². The van der Waals surface area contributed by atoms with Crippen molar-refractivity contribution in [2.75, 3.05) is 12.0 Å². The van der Waals surface area contributed by atoms with Crippen LogP contribution in [0.4, 0.5) is 0 Å². The highest BCUT2D eigenvalue weighted by Crippen LogP contribution is 2.23. The van der Waals surface area contributed by atoms with Gasteiger partial charge in [0.1, 0.15) is 5.82 Å². The van der Waals surface area contributed by atoms with Gasteiger partial charge in [0.05, 0.1) is 17.1 Å². The molecule has 1 atom stereocenters. The summed E-state index contributed by atoms with van der Waals surface area (Å²) >= 11 is 1.78. The molecule has 4 aromatic rings. The fourth-order valence-electron chi connectivity index (χ4n) is 3.98. The average molecular weight is 421 g/mol. The van der Waals surface area contributed by atoms with Gasteiger partial charge in [-0.1, -0.05) is 30.3 Å². The Bertz CT molecular complexity index is 1110. The first-order chi connectivity index (χ1) is 14.7. The van der Waals surface area contributed by atoms with Crippen molar-refractivity contribution in [1.29, 1.82) is 0 Å². The third-order valence-electron chi connectivity index (χ3n) is 5.51. The number of amides is 1. The highest BCUT2D eigenvalue weighted by Gasteiger charge is 2.18. The molecule has 0 aliphatic heterocycles. The number of thioether (sulfide) groups is 1. The maximum Gasteiger partial charge on any atom is 0.220 e. The van der Waals surface area contributed by atoms with E-state index in [4.69, 9.17) is 4.98 Å². The van der Waals surface area contributed by atoms with Crippen molar-refractivity contribution in [2.24, 2.45) is 7.05 Å². The highest BCUT2D eigenvalue weighted by molar-refractivity contribution is 7.98. The number of hydrogen-bond acceptors (Lipinski definition) is 3. The molecule has 0 saturated carbocycles. The van der Waals surface area contributed by atoms with E-state index < -0.39 is 0 Å². The summed E-state index contributed by atoms with van der Waals surface area (Å²) in [4.78, 5) is 20.8. The van der Waals surface area contributed by atoms with Gasteiger partial charge in [0.2, 0.25) is 5.91 Å². The summed E-state index contributed by atoms with van der Waals surface area (Å²) in [5.74, 6) is 1.90. The standard InChI is InChI=1S/C24H28N4OS/c1-28-16-17(18-9-3-6-12-22(18)28)8-7-13-23(29)25-21(14-15-30-2)24-26-19-10-4-5-11-20(19)27-24/h3-6,9-12,16,21H,7-8,13-15H2,1-2H3,(H,25,29)(H,26,27). The van der Waals surface area contributed by atoms with E-state index in [1.54, 1.807) is 11.8 Å². The molecule has 1 unspecified atom stereocenters. The Morgan fingerprint density at radius 1 is 1.20 bits per heavy atom. The van der Waals surface area contributed by atoms with Crippen molar-refractivity contribution in [3.05, 3.63) is 66.1 Å². The third kappa shape index (κ3) is 4.54. The summed E-state index contributed by atoms with van der Waals surface area (Å²) in [6.45, 7) is 0. The van der Waals surface area contributed by atoms with Crippen LogP contribution < -0.4 is 5.32 Å². The fraction of sp³-hybridized carbons (Fsp3) is 0.333. The van der Waals surface area contributed by atoms with E-state index >= 15 is 0 Å². The number of H-pyrrole nitrogens is 1. The summed E-state index contributed by atoms with van der Waals surface area (Å²) < 4.78 is 2.16. The lowest BCUT2D eigenvalue weighted by molar-refractivity contribution is -0.122. The van der Waals surface area contributed by atoms with Crippen LogP contribution in [0, 0.1) is 0 Å². The van der Waals surface area contributed by atoms with Crippen LogP contribution in [0.5, 0.6) is 0 Å². The van der Waals surface area contributed by atoms with E-state index in [0.29, 0.717) is 6.42 Å². The van der Waals surface area contributed by atoms with Crippen molar-refractivity contribution in [1.82, 2.24) is 19.9 Å². The second-order valence-electron chi connectivity index (χ2n) is 7.68. The summed E-state index contributed by atoms with van der Waals surface area (Å²) in [5, 5.41) is 4.48. The van der Waals surface area contributed by atoms with Crippen LogP contribution in [-0.4, -0.2) is 32.5 Å². The number of nitrogens with one attached hydrogen (secondary N) is 2. The number of carbonyl (C=O) groups excluding carboxylic acids is 1. The van der Waals surface area contributed by atoms with Gasteiger partial charge in [-0.2, -0.15) is 11.8 Å². The van der Waals surface area contributed by atoms with Gasteiger partial charge in [0, 0.05) is 30.6 Å². The Balaban J connectivity index is 1.38. The Hall–Kier alpha value is -2.73. The number of benzene rings is 2. The van der Waals surface area contributed by atoms with Crippen molar-refractivity contribution in [3.63, 3.8) is 0 Å². The van der Waals surface area contributed by atoms with Gasteiger partial charge in [-0.15, -0.1) is 0 Å². The number of aromatic nitrogens is 3. The van der Waals surface area contributed by atoms with Gasteiger partial charge in [0.25, 0.3) is 0 Å². The Morgan fingerprint density at radius 3 is 2.83 bits per heavy atom. The van der Waals surface area contributed by atoms with E-state index in [-0.39, 0.29) is 11.9 Å². The maximum absolute atomic E-state index is 12.7. The number of rotatable bonds is 9. The first-order valence-electron chi connectivity index (χ1n) is 10.4. The Labute approximate surface area is 181 Å². The number of carbonyl (C=O) groups is 1. The predicted octanol–water partition coefficient (Wildman–Crippen LogP) is 4.99. The zero-order valence-corrected chi connectivity index (χ0v) is 18.3. The van der Waals surface area contributed by atoms with Crippen LogP contribution in [0.25, 0.3) is 21.9 Å². The van der Waals surface area contributed by atoms with Gasteiger partial charge < -0.3 is 14.9 Å². The molecule has 0 radical (unpaired) electrons. The number of aromatic amines is 1. The lowest BCUT2D eigenvalue weighted by Crippen LogP contribution is -2.29. The molecule has 2 heterocycles. The molecule has 2 aromatic carbocycles. The molecule has 0 aliphatic rings. The molecule has 0 bridgehead atoms. The van der Waals surface area contributed by atoms with Crippen LogP contribution in [0.2, 0.25) is 0 Å². The van der Waals surface area contributed by atoms with E-state index in [9.17, 15) is 4.79 Å². The number of imidazole rings is 1. The molecule has 0 aliphatic carbocycles. The highest BCUT2D eigenvalue weighted by atomic mass is 32.2. The van der Waals surface area contributed by atoms with Gasteiger partial charge in [-0.3, -0.25) is 4.79 Å². The van der Waals surface area contributed by atoms with Gasteiger partial charge in [-0.25, -0.2) is 4.98 Å². The quantitative estimate of drug-likeness (QED) is 0.401. The number of aryl methyl sites for hydroxylation is 2. The molecule has 0 saturated heterocycles. The van der Waals surface area contributed by atoms with Crippen molar-refractivity contribution >= 4 is 39.6 Å². The molecule has 4 rings (SSSR count). The molecule has 6 heteroatoms. The van der Waals surface area contributed by atoms with Crippen LogP contribution in [-0.2, 0) is 18.3 Å². The first-order valence-corrected chi connectivity index (χ1v) is 11.8. The number of para-hydroxylation sites is 3. The predicted molar refractivity (Wildman–Crippen MR) is 126 cm³/mol. The molecule has 30 heavy (non-hydrogen) atoms. The minimum Gasteiger partial charge on any atom is -0.350 e. The minimum absolute atomic E-state index is 0.0850. The molecule has 2 aromatic heterocycles. The van der Waals surface area contributed by atoms with Gasteiger partial charge in [-0.05, 0) is 55.0 Å². The summed E-state index contributed by atoms with van der Waals surface area (Å²) in [7, 11) is 2.07. The fourth-order valence-corrected chi connectivity index (χ4v) is 4.45. The van der Waals surface area contributed by atoms with Gasteiger partial charge in [0.15, 0.2) is 0 Å². The molecule has 0 spiro atoms. The van der Waals surface area contributed by atoms with Gasteiger partial charge >= 0.3 is 0 Å². The lowest BCUT2D eigenvalue weighted by Gasteiger charge is -2.16. The number of hydrogen-bond donors (Lipinski definition) is 2. The van der Waals surface area contributed by atoms with Crippen molar-refractivity contribution in [2.45, 2.75) is 31.7 Å². The zero-order valence-electron chi connectivity index (χ0n) is 17.5. The van der Waals surface area contributed by atoms with Crippen LogP contribution >= 0.6 is 11.8 Å². The SMILES string of the molecule is CSCCC(NC(=O)CCCc1cn(C)c2ccccc12)c1nc2ccccc2[nH]1. The number of fused-ring (bicyclic) bond motifs is 2. The summed E-state index contributed by atoms with van der Waals surface area (Å²) in [6, 6.07) is 16.3. The summed E-state index contributed by atoms with van der Waals surface area (Å²) in [6.07, 6.45) is 7.36. The largest absolute Gasteiger partial charge is 0.350 e. The molecule has 1 amide bonds. The van der Waals surface area contributed by atoms with E-state index in [1.165, 1.54) is 16.5 Å². The lowest BCUT2D eigenvalue weighted by atomic mass is 10.1. The Morgan fingerprint density at radius 2 is 2.00 bits per heavy atom. The van der Waals surface area contributed by atoms with Crippen LogP contribution in [0.15, 0.2) is 54.7 Å². The minimum atomic E-state index is -0.0881. The molecular weight excluding hydrogens is 392 g/mol. The second kappa shape index (κ2) is 9.39. The monoisotopic (exact) mass is 420 g/mol. The first kappa shape index (κ1) is 20.5. The van der Waals surface area contributed by atoms with Crippen LogP contribution in [0.3, 0.4) is 0 Å². The second-order valence-corrected chi connectivity index (χ2v) is 8.66. The topological polar surface area (TPSA) is 62.7 Å². The molecule has 0 fully saturated rings. The van der Waals surface area contributed by atoms with Crippen molar-refractivity contribution in [3.8, 4) is 0 Å². The third-order valence-corrected chi connectivity index (χ3v) is 6.16. The van der Waals surface area contributed by atoms with E-state index in [0.717, 1.165) is 41.9 Å². The normalized spacial score (nSPS) is 12.5. The summed E-state index contributed by atoms with van der Waals surface area (Å²) in [5.41, 5.74) is 4.48. The molecule has 2 N–H and O–H groups in total. The number of nitrogens with zero attached hydrogens (tertiary/aromatic N) is 2. The van der Waals surface area contributed by atoms with Crippen LogP contribution in [0.1, 0.15) is 36.7 Å². The average Bonchev–Trinajstić information content (AvgIpc) is 3.33. The zero-order chi connectivity index (χ0) is 20.9. The van der Waals surface area contributed by atoms with E-state index in [1.807, 2.05) is 24.3 Å². The Kier molecular flexibility index (Phi) is 6.43. The molecule has 156 valence electrons. The molecular formula is C24H28N4OS. The maximum atomic E-state index is 12.7. The smallest absolute Gasteiger partial charge is 0.220 e.